The van der Waals surface area contributed by atoms with Gasteiger partial charge in [-0.15, -0.1) is 0 Å². The maximum absolute atomic E-state index is 12.4. The normalized spacial score (nSPS) is 16.8. The van der Waals surface area contributed by atoms with Crippen molar-refractivity contribution >= 4 is 40.2 Å². The molecule has 0 bridgehead atoms. The second kappa shape index (κ2) is 18.9. The minimum atomic E-state index is -1.88. The van der Waals surface area contributed by atoms with Gasteiger partial charge in [0.25, 0.3) is 5.82 Å². The van der Waals surface area contributed by atoms with Gasteiger partial charge in [0.1, 0.15) is 48.7 Å². The van der Waals surface area contributed by atoms with Gasteiger partial charge < -0.3 is 61.8 Å². The molecule has 0 radical (unpaired) electrons. The number of aromatic amines is 1. The molecule has 13 N–H and O–H groups in total. The van der Waals surface area contributed by atoms with Crippen LogP contribution in [-0.4, -0.2) is 164 Å². The number of aliphatic hydroxyl groups is 10. The molecule has 4 rings (SSSR count). The van der Waals surface area contributed by atoms with Crippen LogP contribution in [0, 0.1) is 0 Å². The lowest BCUT2D eigenvalue weighted by atomic mass is 10.0. The second-order valence-electron chi connectivity index (χ2n) is 13.1. The number of H-pyrrole nitrogens is 1. The average molecular weight is 750 g/mol. The Balaban J connectivity index is 1.55. The number of nitrogens with one attached hydrogen (secondary N) is 1. The molecule has 294 valence electrons. The predicted octanol–water partition coefficient (Wildman–Crippen LogP) is -3.91. The van der Waals surface area contributed by atoms with Gasteiger partial charge in [-0.2, -0.15) is 0 Å². The summed E-state index contributed by atoms with van der Waals surface area (Å²) in [4.78, 5) is 27.1. The number of imidazole rings is 1. The van der Waals surface area contributed by atoms with Crippen molar-refractivity contribution in [3.63, 3.8) is 0 Å². The molecular formula is C34H53N8O11+. The first-order valence-electron chi connectivity index (χ1n) is 17.5. The molecule has 1 amide bonds. The minimum Gasteiger partial charge on any atom is -0.394 e. The molecule has 0 unspecified atom stereocenters. The molecule has 0 aliphatic carbocycles. The van der Waals surface area contributed by atoms with Crippen molar-refractivity contribution in [1.82, 2.24) is 24.4 Å². The number of nitrogens with two attached hydrogens (primary N) is 1. The third kappa shape index (κ3) is 9.63. The monoisotopic (exact) mass is 749 g/mol. The summed E-state index contributed by atoms with van der Waals surface area (Å²) in [5.74, 6) is 1.17. The van der Waals surface area contributed by atoms with Crippen LogP contribution in [0.25, 0.3) is 22.2 Å². The van der Waals surface area contributed by atoms with Crippen LogP contribution in [0.1, 0.15) is 31.7 Å². The van der Waals surface area contributed by atoms with Gasteiger partial charge in [-0.25, -0.2) is 19.1 Å². The maximum atomic E-state index is 12.4. The minimum absolute atomic E-state index is 0.104. The molecule has 0 fully saturated rings. The SMILES string of the molecule is CCn1c(CN(C=O)c2nc3cc[nH]c3nc2N)[n+](CC)c2cc(CCCN(C[C@H](O)[C@@H](O)[C@H](O)[C@H](O)CO)C[C@H](O)[C@@H](O)[C@H](O)[C@H](O)CO)ccc21. The predicted molar refractivity (Wildman–Crippen MR) is 191 cm³/mol. The topological polar surface area (TPSA) is 302 Å². The summed E-state index contributed by atoms with van der Waals surface area (Å²) in [5.41, 5.74) is 10.1. The average Bonchev–Trinajstić information content (AvgIpc) is 3.74. The van der Waals surface area contributed by atoms with E-state index < -0.39 is 62.0 Å². The van der Waals surface area contributed by atoms with Crippen LogP contribution in [-0.2, 0) is 30.8 Å². The van der Waals surface area contributed by atoms with Gasteiger partial charge in [0.05, 0.1) is 38.5 Å². The number of aliphatic hydroxyl groups excluding tert-OH is 10. The lowest BCUT2D eigenvalue weighted by molar-refractivity contribution is -0.676. The highest BCUT2D eigenvalue weighted by Gasteiger charge is 2.34. The number of aryl methyl sites for hydroxylation is 3. The number of nitrogen functional groups attached to an aromatic ring is 1. The van der Waals surface area contributed by atoms with E-state index in [4.69, 9.17) is 15.9 Å². The summed E-state index contributed by atoms with van der Waals surface area (Å²) >= 11 is 0. The quantitative estimate of drug-likeness (QED) is 0.0270. The summed E-state index contributed by atoms with van der Waals surface area (Å²) in [6.45, 7) is 3.09. The Hall–Kier alpha value is -3.86. The van der Waals surface area contributed by atoms with E-state index in [0.29, 0.717) is 43.5 Å². The van der Waals surface area contributed by atoms with Crippen LogP contribution in [0.15, 0.2) is 30.5 Å². The Kier molecular flexibility index (Phi) is 15.0. The number of hydrogen-bond acceptors (Lipinski definition) is 15. The first-order valence-corrected chi connectivity index (χ1v) is 17.5. The first-order chi connectivity index (χ1) is 25.3. The molecule has 1 aromatic carbocycles. The zero-order chi connectivity index (χ0) is 39.0. The molecule has 19 nitrogen and oxygen atoms in total. The number of nitrogens with zero attached hydrogens (tertiary/aromatic N) is 6. The molecule has 0 aliphatic rings. The number of carbonyl (C=O) groups is 1. The number of amides is 1. The van der Waals surface area contributed by atoms with Gasteiger partial charge in [0, 0.05) is 19.3 Å². The summed E-state index contributed by atoms with van der Waals surface area (Å²) in [6, 6.07) is 7.71. The van der Waals surface area contributed by atoms with Gasteiger partial charge in [-0.1, -0.05) is 6.07 Å². The van der Waals surface area contributed by atoms with Gasteiger partial charge in [0.15, 0.2) is 28.3 Å². The Morgan fingerprint density at radius 3 is 2.04 bits per heavy atom. The fourth-order valence-corrected chi connectivity index (χ4v) is 6.50. The van der Waals surface area contributed by atoms with Crippen molar-refractivity contribution in [1.29, 1.82) is 0 Å². The fraction of sp³-hybridized carbons (Fsp3) is 0.588. The molecule has 19 heteroatoms. The molecule has 0 spiro atoms. The third-order valence-corrected chi connectivity index (χ3v) is 9.46. The van der Waals surface area contributed by atoms with Crippen LogP contribution < -0.4 is 15.2 Å². The van der Waals surface area contributed by atoms with E-state index in [2.05, 4.69) is 24.1 Å². The molecule has 8 atom stereocenters. The van der Waals surface area contributed by atoms with Crippen LogP contribution in [0.3, 0.4) is 0 Å². The Morgan fingerprint density at radius 1 is 0.887 bits per heavy atom. The molecular weight excluding hydrogens is 696 g/mol. The molecule has 53 heavy (non-hydrogen) atoms. The van der Waals surface area contributed by atoms with Crippen molar-refractivity contribution in [2.45, 2.75) is 95.2 Å². The fourth-order valence-electron chi connectivity index (χ4n) is 6.50. The highest BCUT2D eigenvalue weighted by Crippen LogP contribution is 2.25. The smallest absolute Gasteiger partial charge is 0.277 e. The van der Waals surface area contributed by atoms with Gasteiger partial charge in [0.2, 0.25) is 6.41 Å². The lowest BCUT2D eigenvalue weighted by Gasteiger charge is -2.33. The van der Waals surface area contributed by atoms with E-state index in [0.717, 1.165) is 22.4 Å². The van der Waals surface area contributed by atoms with E-state index in [1.165, 1.54) is 9.80 Å². The number of hydrogen-bond donors (Lipinski definition) is 12. The van der Waals surface area contributed by atoms with Crippen LogP contribution in [0.5, 0.6) is 0 Å². The molecule has 4 aromatic rings. The van der Waals surface area contributed by atoms with Crippen LogP contribution in [0.2, 0.25) is 0 Å². The highest BCUT2D eigenvalue weighted by atomic mass is 16.4. The number of fused-ring (bicyclic) bond motifs is 2. The zero-order valence-corrected chi connectivity index (χ0v) is 29.8. The molecule has 3 heterocycles. The number of rotatable bonds is 22. The second-order valence-corrected chi connectivity index (χ2v) is 13.1. The number of carbonyl (C=O) groups excluding carboxylic acids is 1. The van der Waals surface area contributed by atoms with E-state index in [1.807, 2.05) is 32.0 Å². The molecule has 0 saturated heterocycles. The highest BCUT2D eigenvalue weighted by molar-refractivity contribution is 5.84. The van der Waals surface area contributed by atoms with Gasteiger partial charge >= 0.3 is 0 Å². The van der Waals surface area contributed by atoms with Crippen molar-refractivity contribution in [2.24, 2.45) is 0 Å². The Morgan fingerprint density at radius 2 is 1.49 bits per heavy atom. The zero-order valence-electron chi connectivity index (χ0n) is 29.8. The van der Waals surface area contributed by atoms with Gasteiger partial charge in [-0.05, 0) is 57.0 Å². The number of benzene rings is 1. The van der Waals surface area contributed by atoms with Crippen LogP contribution >= 0.6 is 0 Å². The van der Waals surface area contributed by atoms with E-state index >= 15 is 0 Å². The first kappa shape index (κ1) is 41.9. The van der Waals surface area contributed by atoms with Crippen molar-refractivity contribution < 1.29 is 60.4 Å². The number of aromatic nitrogens is 5. The summed E-state index contributed by atoms with van der Waals surface area (Å²) in [5, 5.41) is 100. The Labute approximate surface area is 305 Å². The third-order valence-electron chi connectivity index (χ3n) is 9.46. The lowest BCUT2D eigenvalue weighted by Crippen LogP contribution is -2.53. The van der Waals surface area contributed by atoms with Crippen molar-refractivity contribution in [3.05, 3.63) is 41.9 Å². The molecule has 3 aromatic heterocycles. The number of anilines is 2. The Bertz CT molecular complexity index is 1740. The largest absolute Gasteiger partial charge is 0.394 e. The van der Waals surface area contributed by atoms with Gasteiger partial charge in [-0.3, -0.25) is 14.6 Å². The summed E-state index contributed by atoms with van der Waals surface area (Å²) in [6.07, 6.45) is -11.0. The molecule has 0 aliphatic heterocycles. The van der Waals surface area contributed by atoms with E-state index in [1.54, 1.807) is 12.3 Å². The van der Waals surface area contributed by atoms with Crippen LogP contribution in [0.4, 0.5) is 11.6 Å². The summed E-state index contributed by atoms with van der Waals surface area (Å²) in [7, 11) is 0. The van der Waals surface area contributed by atoms with E-state index in [-0.39, 0.29) is 37.8 Å². The van der Waals surface area contributed by atoms with E-state index in [9.17, 15) is 45.6 Å². The standard InChI is InChI=1S/C34H53N8O11/c1-3-41-21-8-7-19(12-22(21)42(4-2)27(41)15-40(18-45)34-32(35)38-33-20(37-34)9-10-36-33)6-5-11-39(13-23(46)28(50)30(52)25(48)16-43)14-24(47)29(51)31(53)26(49)17-44/h7-10,12,18,23-26,28-31,43-44,46-53H,3-6,11,13-17H2,1-2H3,(H3,35,36,38)/q+1/t23-,24-,25+,26+,28+,29+,30+,31+/m0/s1. The summed E-state index contributed by atoms with van der Waals surface area (Å²) < 4.78 is 4.19. The van der Waals surface area contributed by atoms with Crippen molar-refractivity contribution in [2.75, 3.05) is 43.5 Å². The maximum Gasteiger partial charge on any atom is 0.277 e. The molecule has 0 saturated carbocycles. The van der Waals surface area contributed by atoms with Crippen molar-refractivity contribution in [3.8, 4) is 0 Å².